The molecule has 1 aliphatic heterocycles. The van der Waals surface area contributed by atoms with Gasteiger partial charge in [-0.2, -0.15) is 38.2 Å². The lowest BCUT2D eigenvalue weighted by Crippen LogP contribution is -2.73. The molecule has 1 aromatic heterocycles. The molecule has 4 aromatic rings. The van der Waals surface area contributed by atoms with E-state index >= 15 is 4.79 Å². The number of aromatic nitrogens is 1. The summed E-state index contributed by atoms with van der Waals surface area (Å²) in [7, 11) is -22.1. The number of nitrogens with one attached hydrogen (secondary N) is 2. The number of quaternary nitrogens is 1. The van der Waals surface area contributed by atoms with Gasteiger partial charge in [0, 0.05) is 18.6 Å². The predicted octanol–water partition coefficient (Wildman–Crippen LogP) is 2.48. The van der Waals surface area contributed by atoms with Crippen LogP contribution in [0.1, 0.15) is 21.6 Å². The van der Waals surface area contributed by atoms with Crippen molar-refractivity contribution in [2.75, 3.05) is 17.7 Å². The Morgan fingerprint density at radius 2 is 1.46 bits per heavy atom. The molecule has 3 amide bonds. The van der Waals surface area contributed by atoms with Crippen molar-refractivity contribution in [2.24, 2.45) is 7.05 Å². The normalized spacial score (nSPS) is 19.2. The van der Waals surface area contributed by atoms with E-state index in [0.717, 1.165) is 22.8 Å². The van der Waals surface area contributed by atoms with Crippen molar-refractivity contribution in [3.05, 3.63) is 82.5 Å². The third kappa shape index (κ3) is 4.98. The highest BCUT2D eigenvalue weighted by Crippen LogP contribution is 2.56. The van der Waals surface area contributed by atoms with Gasteiger partial charge in [-0.05, 0) is 35.4 Å². The number of benzene rings is 3. The topological polar surface area (TPSA) is 281 Å². The fourth-order valence-corrected chi connectivity index (χ4v) is 11.9. The predicted molar refractivity (Wildman–Crippen MR) is 178 cm³/mol. The molecule has 2 aliphatic rings. The van der Waals surface area contributed by atoms with Gasteiger partial charge in [0.05, 0.1) is 30.2 Å². The molecule has 0 saturated carbocycles. The number of nitrogens with zero attached hydrogens (tertiary/aromatic N) is 2. The Morgan fingerprint density at radius 1 is 0.820 bits per heavy atom. The second-order valence-electron chi connectivity index (χ2n) is 11.6. The van der Waals surface area contributed by atoms with Crippen LogP contribution in [0, 0.1) is 0 Å². The molecule has 6 rings (SSSR count). The molecule has 22 heteroatoms. The average molecular weight is 770 g/mol. The first-order valence-electron chi connectivity index (χ1n) is 13.9. The molecule has 50 heavy (non-hydrogen) atoms. The molecule has 0 fully saturated rings. The highest BCUT2D eigenvalue weighted by molar-refractivity contribution is 7.94. The van der Waals surface area contributed by atoms with Crippen LogP contribution in [-0.2, 0) is 53.9 Å². The molecule has 2 unspecified atom stereocenters. The Labute approximate surface area is 284 Å². The summed E-state index contributed by atoms with van der Waals surface area (Å²) in [6.45, 7) is 0. The van der Waals surface area contributed by atoms with E-state index in [0.29, 0.717) is 13.1 Å². The van der Waals surface area contributed by atoms with Gasteiger partial charge in [-0.25, -0.2) is 9.59 Å². The van der Waals surface area contributed by atoms with Gasteiger partial charge in [0.25, 0.3) is 25.1 Å². The van der Waals surface area contributed by atoms with Crippen LogP contribution in [0.2, 0.25) is 0 Å². The van der Waals surface area contributed by atoms with Crippen molar-refractivity contribution in [3.63, 3.8) is 0 Å². The first-order chi connectivity index (χ1) is 23.0. The van der Waals surface area contributed by atoms with Gasteiger partial charge in [0.15, 0.2) is 15.5 Å². The van der Waals surface area contributed by atoms with Crippen LogP contribution in [0.3, 0.4) is 0 Å². The molecule has 2 atom stereocenters. The van der Waals surface area contributed by atoms with E-state index in [1.807, 2.05) is 0 Å². The maximum Gasteiger partial charge on any atom is 0.368 e. The number of urea groups is 1. The van der Waals surface area contributed by atoms with Crippen LogP contribution in [0.25, 0.3) is 16.8 Å². The second kappa shape index (κ2) is 11.0. The van der Waals surface area contributed by atoms with Gasteiger partial charge >= 0.3 is 32.2 Å². The van der Waals surface area contributed by atoms with Crippen molar-refractivity contribution in [1.29, 1.82) is 0 Å². The number of carbonyl (C=O) groups is 2. The number of aryl methyl sites for hydroxylation is 1. The van der Waals surface area contributed by atoms with E-state index in [4.69, 9.17) is 0 Å². The summed E-state index contributed by atoms with van der Waals surface area (Å²) in [6, 6.07) is 9.97. The van der Waals surface area contributed by atoms with E-state index in [-0.39, 0.29) is 11.1 Å². The average Bonchev–Trinajstić information content (AvgIpc) is 3.42. The number of hydrogen-bond acceptors (Lipinski definition) is 10. The summed E-state index contributed by atoms with van der Waals surface area (Å²) in [5.74, 6) is -1.54. The number of amides is 3. The first kappa shape index (κ1) is 35.3. The van der Waals surface area contributed by atoms with Gasteiger partial charge in [-0.15, -0.1) is 0 Å². The third-order valence-electron chi connectivity index (χ3n) is 8.82. The van der Waals surface area contributed by atoms with Crippen LogP contribution in [0.4, 0.5) is 21.9 Å². The molecular formula is C28H25N4O14S4+. The van der Waals surface area contributed by atoms with Gasteiger partial charge in [-0.1, -0.05) is 36.4 Å². The molecule has 6 N–H and O–H groups in total. The Morgan fingerprint density at radius 3 is 2.02 bits per heavy atom. The van der Waals surface area contributed by atoms with Gasteiger partial charge < -0.3 is 15.2 Å². The van der Waals surface area contributed by atoms with Crippen LogP contribution >= 0.6 is 0 Å². The van der Waals surface area contributed by atoms with Crippen molar-refractivity contribution in [2.45, 2.75) is 21.1 Å². The molecule has 0 saturated heterocycles. The molecule has 4 bridgehead atoms. The molecule has 0 spiro atoms. The maximum atomic E-state index is 15.2. The van der Waals surface area contributed by atoms with Crippen LogP contribution in [0.5, 0.6) is 0 Å². The minimum absolute atomic E-state index is 0.0128. The molecule has 3 aromatic carbocycles. The van der Waals surface area contributed by atoms with Gasteiger partial charge in [0.1, 0.15) is 10.6 Å². The van der Waals surface area contributed by atoms with Gasteiger partial charge in [-0.3, -0.25) is 18.2 Å². The zero-order valence-electron chi connectivity index (χ0n) is 25.5. The van der Waals surface area contributed by atoms with E-state index in [1.54, 1.807) is 0 Å². The number of likely N-dealkylation sites (N-methyl/N-ethyl adjacent to an activating group) is 1. The maximum absolute atomic E-state index is 15.2. The van der Waals surface area contributed by atoms with Crippen molar-refractivity contribution < 1.29 is 61.5 Å². The summed E-state index contributed by atoms with van der Waals surface area (Å²) >= 11 is 0. The standard InChI is InChI=1S/C28H24N4O14S4/c1-31-12-6-11-19(31)26(33)32(2,28(50(44,45)46)14-16-8-4-3-7-15(16)13-20(28)47(35,36)37)23-21-17-9-5-10-18(21)29-27(34)30-22(17)24(48(38,39)40)25(23)49(41,42)43/h3-13H,14H2,1-2H3,(H5-,29,30,34,35,36,37,38,39,40,41,42,43,44,45,46)/p+1. The molecule has 18 nitrogen and oxygen atoms in total. The Bertz CT molecular complexity index is 2700. The van der Waals surface area contributed by atoms with Crippen molar-refractivity contribution in [3.8, 4) is 0 Å². The molecule has 1 aliphatic carbocycles. The van der Waals surface area contributed by atoms with Crippen LogP contribution < -0.4 is 15.1 Å². The largest absolute Gasteiger partial charge is 0.368 e. The van der Waals surface area contributed by atoms with Crippen molar-refractivity contribution >= 4 is 86.3 Å². The quantitative estimate of drug-likeness (QED) is 0.116. The van der Waals surface area contributed by atoms with Crippen LogP contribution in [0.15, 0.2) is 75.5 Å². The Balaban J connectivity index is 2.04. The summed E-state index contributed by atoms with van der Waals surface area (Å²) in [4.78, 5) is 19.3. The molecule has 2 heterocycles. The third-order valence-corrected chi connectivity index (χ3v) is 13.5. The smallest absolute Gasteiger partial charge is 0.343 e. The summed E-state index contributed by atoms with van der Waals surface area (Å²) in [6.07, 6.45) is 0.709. The summed E-state index contributed by atoms with van der Waals surface area (Å²) in [5, 5.41) is 3.24. The summed E-state index contributed by atoms with van der Waals surface area (Å²) in [5.41, 5.74) is -3.27. The number of rotatable bonds is 7. The number of carbonyl (C=O) groups excluding carboxylic acids is 2. The lowest BCUT2D eigenvalue weighted by atomic mass is 9.89. The van der Waals surface area contributed by atoms with E-state index in [2.05, 4.69) is 10.6 Å². The fraction of sp³-hybridized carbons (Fsp3) is 0.143. The SMILES string of the molecule is Cn1cccc1C(=O)[N+](C)(c1c(S(=O)(=O)O)c(S(=O)(=O)O)c2c3cccc(c13)NC(=O)N2)C1(S(=O)(=O)O)Cc2ccccc2C=C1S(=O)(=O)O. The van der Waals surface area contributed by atoms with E-state index in [9.17, 15) is 56.7 Å². The Kier molecular flexibility index (Phi) is 7.76. The lowest BCUT2D eigenvalue weighted by molar-refractivity contribution is 0.0710. The number of hydrogen-bond donors (Lipinski definition) is 6. The lowest BCUT2D eigenvalue weighted by Gasteiger charge is -2.48. The van der Waals surface area contributed by atoms with Crippen LogP contribution in [-0.4, -0.2) is 80.3 Å². The fourth-order valence-electron chi connectivity index (χ4n) is 6.78. The van der Waals surface area contributed by atoms with E-state index < -0.39 is 116 Å². The molecule has 0 radical (unpaired) electrons. The molecule has 264 valence electrons. The Hall–Kier alpha value is -4.52. The highest BCUT2D eigenvalue weighted by Gasteiger charge is 2.71. The first-order valence-corrected chi connectivity index (χ1v) is 19.7. The second-order valence-corrected chi connectivity index (χ2v) is 17.3. The number of fused-ring (bicyclic) bond motifs is 1. The highest BCUT2D eigenvalue weighted by atomic mass is 32.2. The minimum atomic E-state index is -6.18. The minimum Gasteiger partial charge on any atom is -0.343 e. The zero-order valence-corrected chi connectivity index (χ0v) is 28.7. The summed E-state index contributed by atoms with van der Waals surface area (Å²) < 4.78 is 150. The van der Waals surface area contributed by atoms with Gasteiger partial charge in [0.2, 0.25) is 0 Å². The zero-order chi connectivity index (χ0) is 37.0. The monoisotopic (exact) mass is 769 g/mol. The van der Waals surface area contributed by atoms with Crippen molar-refractivity contribution in [1.82, 2.24) is 9.05 Å². The number of anilines is 2. The molecular weight excluding hydrogens is 745 g/mol. The van der Waals surface area contributed by atoms with E-state index in [1.165, 1.54) is 49.6 Å².